The summed E-state index contributed by atoms with van der Waals surface area (Å²) in [6.45, 7) is 27.8. The van der Waals surface area contributed by atoms with E-state index in [9.17, 15) is 0 Å². The fourth-order valence-corrected chi connectivity index (χ4v) is 23.1. The van der Waals surface area contributed by atoms with Crippen LogP contribution in [-0.2, 0) is 60.3 Å². The fourth-order valence-electron chi connectivity index (χ4n) is 14.5. The summed E-state index contributed by atoms with van der Waals surface area (Å²) in [7, 11) is -4.00. The molecular weight excluding hydrogens is 2100 g/mol. The first-order chi connectivity index (χ1) is 56.6. The predicted molar refractivity (Wildman–Crippen MR) is 509 cm³/mol. The molecule has 3 saturated carbocycles. The molecule has 0 aliphatic heterocycles. The predicted octanol–water partition coefficient (Wildman–Crippen LogP) is 27.6. The molecule has 120 heavy (non-hydrogen) atoms. The van der Waals surface area contributed by atoms with Crippen LogP contribution >= 0.6 is 34.0 Å². The van der Waals surface area contributed by atoms with Gasteiger partial charge in [0.05, 0.1) is 24.2 Å². The molecule has 3 radical (unpaired) electrons. The Labute approximate surface area is 764 Å². The Kier molecular flexibility index (Phi) is 29.0. The van der Waals surface area contributed by atoms with Gasteiger partial charge in [-0.3, -0.25) is 0 Å². The van der Waals surface area contributed by atoms with Crippen LogP contribution < -0.4 is 15.6 Å². The minimum atomic E-state index is -1.39. The Bertz CT molecular complexity index is 6190. The number of aryl methyl sites for hydroxylation is 3. The van der Waals surface area contributed by atoms with Crippen molar-refractivity contribution in [2.24, 2.45) is 0 Å². The average Bonchev–Trinajstić information content (AvgIpc) is 1.61. The van der Waals surface area contributed by atoms with Crippen LogP contribution in [0.2, 0.25) is 58.9 Å². The van der Waals surface area contributed by atoms with Crippen molar-refractivity contribution in [3.05, 3.63) is 344 Å². The largest absolute Gasteiger partial charge is 0.304 e. The van der Waals surface area contributed by atoms with E-state index in [1.807, 2.05) is 170 Å². The molecule has 3 aliphatic rings. The van der Waals surface area contributed by atoms with Crippen LogP contribution in [0.4, 0.5) is 0 Å². The van der Waals surface area contributed by atoms with E-state index in [1.54, 1.807) is 5.19 Å². The zero-order valence-corrected chi connectivity index (χ0v) is 82.5. The first-order valence-corrected chi connectivity index (χ1v) is 53.8. The van der Waals surface area contributed by atoms with Gasteiger partial charge in [-0.25, -0.2) is 0 Å². The van der Waals surface area contributed by atoms with E-state index >= 15 is 0 Å². The monoisotopic (exact) mass is 2200 g/mol. The molecule has 0 unspecified atom stereocenters. The molecule has 21 rings (SSSR count). The van der Waals surface area contributed by atoms with E-state index in [4.69, 9.17) is 15.0 Å². The Morgan fingerprint density at radius 2 is 0.633 bits per heavy atom. The third-order valence-electron chi connectivity index (χ3n) is 21.8. The molecule has 0 bridgehead atoms. The van der Waals surface area contributed by atoms with Gasteiger partial charge in [0.1, 0.15) is 0 Å². The number of hydrogen-bond donors (Lipinski definition) is 0. The van der Waals surface area contributed by atoms with E-state index in [0.717, 1.165) is 85.3 Å². The summed E-state index contributed by atoms with van der Waals surface area (Å²) in [5.41, 5.74) is 20.3. The first kappa shape index (κ1) is 88.9. The number of benzene rings is 9. The molecule has 0 atom stereocenters. The van der Waals surface area contributed by atoms with Crippen molar-refractivity contribution in [3.8, 4) is 67.5 Å². The number of aromatic nitrogens is 6. The first-order valence-electron chi connectivity index (χ1n) is 40.8. The molecule has 0 amide bonds. The second kappa shape index (κ2) is 39.1. The van der Waals surface area contributed by atoms with Crippen LogP contribution in [0.5, 0.6) is 0 Å². The third-order valence-corrected chi connectivity index (χ3v) is 31.8. The van der Waals surface area contributed by atoms with E-state index in [0.29, 0.717) is 0 Å². The average molecular weight is 2200 g/mol. The summed E-state index contributed by atoms with van der Waals surface area (Å²) < 4.78 is 8.13. The van der Waals surface area contributed by atoms with Crippen LogP contribution in [-0.4, -0.2) is 54.1 Å². The molecule has 6 nitrogen and oxygen atoms in total. The summed E-state index contributed by atoms with van der Waals surface area (Å²) >= 11 is 5.68. The summed E-state index contributed by atoms with van der Waals surface area (Å²) in [6.07, 6.45) is 19.7. The minimum absolute atomic E-state index is 0. The van der Waals surface area contributed by atoms with Gasteiger partial charge in [-0.15, -0.1) is 179 Å². The second-order valence-electron chi connectivity index (χ2n) is 34.2. The van der Waals surface area contributed by atoms with Crippen LogP contribution in [0.25, 0.3) is 128 Å². The molecule has 0 N–H and O–H groups in total. The van der Waals surface area contributed by atoms with Crippen molar-refractivity contribution >= 4 is 134 Å². The third kappa shape index (κ3) is 21.4. The molecule has 609 valence electrons. The zero-order valence-electron chi connectivity index (χ0n) is 69.9. The van der Waals surface area contributed by atoms with Gasteiger partial charge in [-0.2, -0.15) is 34.0 Å². The van der Waals surface area contributed by atoms with Gasteiger partial charge in [0.15, 0.2) is 0 Å². The number of pyridine rings is 6. The van der Waals surface area contributed by atoms with Crippen molar-refractivity contribution < 1.29 is 60.3 Å². The molecule has 3 fully saturated rings. The maximum Gasteiger partial charge on any atom is 0.0794 e. The normalized spacial score (nSPS) is 13.0. The van der Waals surface area contributed by atoms with Gasteiger partial charge >= 0.3 is 0 Å². The van der Waals surface area contributed by atoms with Gasteiger partial charge in [0.25, 0.3) is 0 Å². The Morgan fingerprint density at radius 1 is 0.275 bits per heavy atom. The van der Waals surface area contributed by atoms with Crippen LogP contribution in [0.3, 0.4) is 0 Å². The van der Waals surface area contributed by atoms with Crippen molar-refractivity contribution in [1.82, 2.24) is 29.9 Å². The van der Waals surface area contributed by atoms with Crippen molar-refractivity contribution in [2.45, 2.75) is 136 Å². The Hall–Kier alpha value is -8.86. The number of nitrogens with zero attached hydrogens (tertiary/aromatic N) is 6. The van der Waals surface area contributed by atoms with Crippen LogP contribution in [0, 0.1) is 57.2 Å². The molecule has 9 heterocycles. The van der Waals surface area contributed by atoms with Gasteiger partial charge in [0.2, 0.25) is 0 Å². The number of thiophene rings is 3. The van der Waals surface area contributed by atoms with E-state index in [-0.39, 0.29) is 60.3 Å². The Balaban J connectivity index is 0.000000127. The molecular formula is C105H96Ir3N6S3Si3-6. The molecule has 9 aromatic heterocycles. The van der Waals surface area contributed by atoms with E-state index in [2.05, 4.69) is 268 Å². The maximum absolute atomic E-state index is 4.79. The van der Waals surface area contributed by atoms with Crippen molar-refractivity contribution in [3.63, 3.8) is 0 Å². The molecule has 3 aliphatic carbocycles. The van der Waals surface area contributed by atoms with Gasteiger partial charge < -0.3 is 29.9 Å². The minimum Gasteiger partial charge on any atom is -0.304 e. The number of rotatable bonds is 12. The smallest absolute Gasteiger partial charge is 0.0794 e. The van der Waals surface area contributed by atoms with E-state index in [1.165, 1.54) is 143 Å². The fraction of sp³-hybridized carbons (Fsp3) is 0.200. The van der Waals surface area contributed by atoms with Gasteiger partial charge in [-0.05, 0) is 192 Å². The number of hydrogen-bond acceptors (Lipinski definition) is 9. The molecule has 0 spiro atoms. The molecule has 15 heteroatoms. The van der Waals surface area contributed by atoms with E-state index < -0.39 is 24.2 Å². The summed E-state index contributed by atoms with van der Waals surface area (Å²) in [5, 5.41) is 12.7. The standard InChI is InChI=1S/3C23H22NSSi.3C12H10N.3Ir/c1-26(2,3)21-9-5-7-18-17-6-4-8-19(22(17)25-23(18)21)20-13-12-16(14-24-20)15-10-11-15;1-26(2,3)17-10-11-18-19-5-4-6-20(23(19)25-22(18)13-17)21-12-9-16(14-24-21)15-7-8-15;1-26(2,3)17-10-12-22-20(13-17)18-5-4-6-19(23(18)25-22)21-11-9-16(14-24-21)15-7-8-15;3*1-10-7-8-12(13-9-10)11-5-3-2-4-6-11;;;/h4-7,9,12-15H,10-11H2,1-3H3;2*4-5,9-15H,7-8H2,1-3H3;3*2-5,7-9H,1H3;;;/q6*-1;;;. The van der Waals surface area contributed by atoms with Crippen LogP contribution in [0.1, 0.15) is 89.7 Å². The van der Waals surface area contributed by atoms with Gasteiger partial charge in [0, 0.05) is 112 Å². The molecule has 0 saturated heterocycles. The topological polar surface area (TPSA) is 77.3 Å². The number of fused-ring (bicyclic) bond motifs is 9. The zero-order chi connectivity index (χ0) is 81.0. The summed E-state index contributed by atoms with van der Waals surface area (Å²) in [5.74, 6) is 2.25. The van der Waals surface area contributed by atoms with Crippen molar-refractivity contribution in [2.75, 3.05) is 0 Å². The SMILES string of the molecule is C[Si](C)(C)c1ccc2c(c1)sc1c(-c3ccc(C4CC4)cn3)[c-]ccc12.C[Si](C)(C)c1ccc2sc3c(-c4ccc(C5CC5)cn4)[c-]ccc3c2c1.C[Si](C)(C)c1cccc2c1sc1c(-c3ccc(C4CC4)cn3)[c-]ccc12.Cc1ccc(-c2[c-]cccc2)nc1.Cc1ccc(-c2[c-]cccc2)nc1.Cc1ccc(-c2[c-]cccc2)nc1.[Ir].[Ir].[Ir]. The Morgan fingerprint density at radius 3 is 0.992 bits per heavy atom. The van der Waals surface area contributed by atoms with Crippen molar-refractivity contribution in [1.29, 1.82) is 0 Å². The quantitative estimate of drug-likeness (QED) is 0.0896. The maximum atomic E-state index is 4.79. The summed E-state index contributed by atoms with van der Waals surface area (Å²) in [6, 6.07) is 103. The second-order valence-corrected chi connectivity index (χ2v) is 52.5. The van der Waals surface area contributed by atoms with Gasteiger partial charge in [-0.1, -0.05) is 201 Å². The molecule has 18 aromatic rings. The van der Waals surface area contributed by atoms with Crippen LogP contribution in [0.15, 0.2) is 274 Å². The molecule has 9 aromatic carbocycles. The summed E-state index contributed by atoms with van der Waals surface area (Å²) in [4.78, 5) is 27.3.